The molecule has 0 spiro atoms. The van der Waals surface area contributed by atoms with Crippen molar-refractivity contribution >= 4 is 17.5 Å². The smallest absolute Gasteiger partial charge is 0.260 e. The molecule has 0 radical (unpaired) electrons. The van der Waals surface area contributed by atoms with Gasteiger partial charge in [0.2, 0.25) is 0 Å². The van der Waals surface area contributed by atoms with Crippen LogP contribution in [-0.2, 0) is 4.79 Å². The first-order valence-corrected chi connectivity index (χ1v) is 8.08. The number of nitrogens with zero attached hydrogens (tertiary/aromatic N) is 1. The third kappa shape index (κ3) is 4.03. The molecule has 0 aliphatic carbocycles. The van der Waals surface area contributed by atoms with Crippen molar-refractivity contribution in [3.63, 3.8) is 0 Å². The lowest BCUT2D eigenvalue weighted by molar-refractivity contribution is -0.133. The first-order chi connectivity index (χ1) is 11.2. The molecule has 0 unspecified atom stereocenters. The summed E-state index contributed by atoms with van der Waals surface area (Å²) in [5.74, 6) is 0.532. The molecule has 2 aromatic rings. The number of piperazine rings is 1. The summed E-state index contributed by atoms with van der Waals surface area (Å²) in [5, 5.41) is 3.73. The SMILES string of the molecule is O=C(COc1ccc(-c2ccccc2)cc1Cl)N1CCNCC1. The molecule has 1 saturated heterocycles. The average molecular weight is 331 g/mol. The molecular formula is C18H19ClN2O2. The van der Waals surface area contributed by atoms with Crippen molar-refractivity contribution < 1.29 is 9.53 Å². The molecule has 0 aromatic heterocycles. The fourth-order valence-corrected chi connectivity index (χ4v) is 2.81. The van der Waals surface area contributed by atoms with Gasteiger partial charge in [0.25, 0.3) is 5.91 Å². The zero-order chi connectivity index (χ0) is 16.1. The van der Waals surface area contributed by atoms with E-state index >= 15 is 0 Å². The van der Waals surface area contributed by atoms with E-state index in [-0.39, 0.29) is 12.5 Å². The molecule has 0 atom stereocenters. The van der Waals surface area contributed by atoms with Crippen molar-refractivity contribution in [3.8, 4) is 16.9 Å². The van der Waals surface area contributed by atoms with Crippen LogP contribution in [0.4, 0.5) is 0 Å². The molecular weight excluding hydrogens is 312 g/mol. The molecule has 5 heteroatoms. The number of rotatable bonds is 4. The lowest BCUT2D eigenvalue weighted by Crippen LogP contribution is -2.47. The van der Waals surface area contributed by atoms with Crippen LogP contribution < -0.4 is 10.1 Å². The molecule has 1 aliphatic rings. The third-order valence-electron chi connectivity index (χ3n) is 3.86. The number of ether oxygens (including phenoxy) is 1. The normalized spacial score (nSPS) is 14.6. The van der Waals surface area contributed by atoms with E-state index in [9.17, 15) is 4.79 Å². The van der Waals surface area contributed by atoms with Crippen molar-refractivity contribution in [3.05, 3.63) is 53.6 Å². The van der Waals surface area contributed by atoms with Crippen molar-refractivity contribution in [2.24, 2.45) is 0 Å². The van der Waals surface area contributed by atoms with Gasteiger partial charge < -0.3 is 15.0 Å². The minimum atomic E-state index is -0.00491. The number of nitrogens with one attached hydrogen (secondary N) is 1. The number of carbonyl (C=O) groups is 1. The van der Waals surface area contributed by atoms with Gasteiger partial charge in [-0.05, 0) is 23.3 Å². The van der Waals surface area contributed by atoms with E-state index in [0.717, 1.165) is 37.3 Å². The molecule has 23 heavy (non-hydrogen) atoms. The molecule has 3 rings (SSSR count). The van der Waals surface area contributed by atoms with Gasteiger partial charge >= 0.3 is 0 Å². The summed E-state index contributed by atoms with van der Waals surface area (Å²) in [7, 11) is 0. The number of hydrogen-bond acceptors (Lipinski definition) is 3. The highest BCUT2D eigenvalue weighted by Gasteiger charge is 2.17. The quantitative estimate of drug-likeness (QED) is 0.937. The largest absolute Gasteiger partial charge is 0.482 e. The molecule has 0 saturated carbocycles. The van der Waals surface area contributed by atoms with E-state index in [1.165, 1.54) is 0 Å². The van der Waals surface area contributed by atoms with Gasteiger partial charge in [0.05, 0.1) is 5.02 Å². The summed E-state index contributed by atoms with van der Waals surface area (Å²) < 4.78 is 5.60. The minimum absolute atomic E-state index is 0.00491. The zero-order valence-corrected chi connectivity index (χ0v) is 13.6. The van der Waals surface area contributed by atoms with Crippen LogP contribution in [0.1, 0.15) is 0 Å². The van der Waals surface area contributed by atoms with E-state index in [1.807, 2.05) is 53.4 Å². The Bertz CT molecular complexity index is 670. The van der Waals surface area contributed by atoms with Crippen LogP contribution in [0.5, 0.6) is 5.75 Å². The van der Waals surface area contributed by atoms with Crippen LogP contribution in [-0.4, -0.2) is 43.6 Å². The number of amides is 1. The first-order valence-electron chi connectivity index (χ1n) is 7.70. The zero-order valence-electron chi connectivity index (χ0n) is 12.8. The first kappa shape index (κ1) is 15.8. The van der Waals surface area contributed by atoms with E-state index in [1.54, 1.807) is 0 Å². The highest BCUT2D eigenvalue weighted by atomic mass is 35.5. The Labute approximate surface area is 141 Å². The summed E-state index contributed by atoms with van der Waals surface area (Å²) in [6.07, 6.45) is 0. The van der Waals surface area contributed by atoms with Crippen LogP contribution in [0.2, 0.25) is 5.02 Å². The van der Waals surface area contributed by atoms with Gasteiger partial charge in [-0.3, -0.25) is 4.79 Å². The maximum absolute atomic E-state index is 12.1. The fraction of sp³-hybridized carbons (Fsp3) is 0.278. The Morgan fingerprint density at radius 2 is 1.83 bits per heavy atom. The Balaban J connectivity index is 1.63. The maximum atomic E-state index is 12.1. The molecule has 1 aliphatic heterocycles. The van der Waals surface area contributed by atoms with Gasteiger partial charge in [-0.2, -0.15) is 0 Å². The van der Waals surface area contributed by atoms with Gasteiger partial charge in [-0.15, -0.1) is 0 Å². The van der Waals surface area contributed by atoms with Gasteiger partial charge in [-0.1, -0.05) is 48.0 Å². The van der Waals surface area contributed by atoms with Gasteiger partial charge in [0, 0.05) is 26.2 Å². The molecule has 2 aromatic carbocycles. The summed E-state index contributed by atoms with van der Waals surface area (Å²) in [6.45, 7) is 3.13. The van der Waals surface area contributed by atoms with E-state index in [4.69, 9.17) is 16.3 Å². The average Bonchev–Trinajstić information content (AvgIpc) is 2.62. The van der Waals surface area contributed by atoms with Gasteiger partial charge in [-0.25, -0.2) is 0 Å². The number of halogens is 1. The highest BCUT2D eigenvalue weighted by molar-refractivity contribution is 6.32. The van der Waals surface area contributed by atoms with Crippen molar-refractivity contribution in [2.45, 2.75) is 0 Å². The van der Waals surface area contributed by atoms with Crippen molar-refractivity contribution in [1.29, 1.82) is 0 Å². The molecule has 1 fully saturated rings. The highest BCUT2D eigenvalue weighted by Crippen LogP contribution is 2.30. The second-order valence-electron chi connectivity index (χ2n) is 5.43. The fourth-order valence-electron chi connectivity index (χ4n) is 2.57. The van der Waals surface area contributed by atoms with Crippen molar-refractivity contribution in [2.75, 3.05) is 32.8 Å². The molecule has 1 amide bonds. The van der Waals surface area contributed by atoms with Crippen LogP contribution in [0.15, 0.2) is 48.5 Å². The minimum Gasteiger partial charge on any atom is -0.482 e. The number of benzene rings is 2. The van der Waals surface area contributed by atoms with Crippen LogP contribution in [0, 0.1) is 0 Å². The number of hydrogen-bond donors (Lipinski definition) is 1. The number of carbonyl (C=O) groups excluding carboxylic acids is 1. The Morgan fingerprint density at radius 3 is 2.52 bits per heavy atom. The second-order valence-corrected chi connectivity index (χ2v) is 5.84. The van der Waals surface area contributed by atoms with Gasteiger partial charge in [0.15, 0.2) is 6.61 Å². The second kappa shape index (κ2) is 7.49. The van der Waals surface area contributed by atoms with Crippen LogP contribution in [0.25, 0.3) is 11.1 Å². The monoisotopic (exact) mass is 330 g/mol. The summed E-state index contributed by atoms with van der Waals surface area (Å²) in [4.78, 5) is 13.9. The third-order valence-corrected chi connectivity index (χ3v) is 4.16. The summed E-state index contributed by atoms with van der Waals surface area (Å²) >= 11 is 6.29. The van der Waals surface area contributed by atoms with E-state index in [2.05, 4.69) is 5.32 Å². The predicted molar refractivity (Wildman–Crippen MR) is 91.8 cm³/mol. The Morgan fingerprint density at radius 1 is 1.09 bits per heavy atom. The van der Waals surface area contributed by atoms with Crippen LogP contribution in [0.3, 0.4) is 0 Å². The molecule has 120 valence electrons. The predicted octanol–water partition coefficient (Wildman–Crippen LogP) is 2.82. The topological polar surface area (TPSA) is 41.6 Å². The summed E-state index contributed by atoms with van der Waals surface area (Å²) in [5.41, 5.74) is 2.12. The lowest BCUT2D eigenvalue weighted by atomic mass is 10.1. The molecule has 4 nitrogen and oxygen atoms in total. The molecule has 1 heterocycles. The van der Waals surface area contributed by atoms with Crippen LogP contribution >= 0.6 is 11.6 Å². The summed E-state index contributed by atoms with van der Waals surface area (Å²) in [6, 6.07) is 15.6. The molecule has 1 N–H and O–H groups in total. The van der Waals surface area contributed by atoms with E-state index in [0.29, 0.717) is 10.8 Å². The van der Waals surface area contributed by atoms with E-state index < -0.39 is 0 Å². The standard InChI is InChI=1S/C18H19ClN2O2/c19-16-12-15(14-4-2-1-3-5-14)6-7-17(16)23-13-18(22)21-10-8-20-9-11-21/h1-7,12,20H,8-11,13H2. The Hall–Kier alpha value is -2.04. The van der Waals surface area contributed by atoms with Gasteiger partial charge in [0.1, 0.15) is 5.75 Å². The maximum Gasteiger partial charge on any atom is 0.260 e. The lowest BCUT2D eigenvalue weighted by Gasteiger charge is -2.27. The van der Waals surface area contributed by atoms with Crippen molar-refractivity contribution in [1.82, 2.24) is 10.2 Å². The Kier molecular flexibility index (Phi) is 5.16. The molecule has 0 bridgehead atoms.